The summed E-state index contributed by atoms with van der Waals surface area (Å²) < 4.78 is 5.59. The predicted octanol–water partition coefficient (Wildman–Crippen LogP) is 2.09. The van der Waals surface area contributed by atoms with Crippen LogP contribution in [0.25, 0.3) is 0 Å². The lowest BCUT2D eigenvalue weighted by Crippen LogP contribution is -2.31. The molecule has 2 heteroatoms. The zero-order valence-electron chi connectivity index (χ0n) is 7.96. The molecule has 0 aromatic rings. The van der Waals surface area contributed by atoms with Crippen molar-refractivity contribution in [1.82, 2.24) is 0 Å². The Balaban J connectivity index is 2.64. The van der Waals surface area contributed by atoms with Crippen LogP contribution in [0, 0.1) is 0 Å². The fourth-order valence-electron chi connectivity index (χ4n) is 1.47. The fourth-order valence-corrected chi connectivity index (χ4v) is 1.47. The van der Waals surface area contributed by atoms with Gasteiger partial charge in [0.1, 0.15) is 6.10 Å². The van der Waals surface area contributed by atoms with Crippen molar-refractivity contribution < 1.29 is 9.53 Å². The van der Waals surface area contributed by atoms with Crippen molar-refractivity contribution >= 4 is 5.78 Å². The van der Waals surface area contributed by atoms with E-state index < -0.39 is 0 Å². The van der Waals surface area contributed by atoms with E-state index in [1.54, 1.807) is 6.92 Å². The van der Waals surface area contributed by atoms with Gasteiger partial charge in [-0.2, -0.15) is 0 Å². The van der Waals surface area contributed by atoms with Gasteiger partial charge in [-0.05, 0) is 32.3 Å². The van der Waals surface area contributed by atoms with Crippen LogP contribution in [0.4, 0.5) is 0 Å². The van der Waals surface area contributed by atoms with Crippen molar-refractivity contribution in [2.45, 2.75) is 45.8 Å². The maximum Gasteiger partial charge on any atom is 0.158 e. The Morgan fingerprint density at radius 1 is 1.75 bits per heavy atom. The van der Waals surface area contributed by atoms with Gasteiger partial charge in [-0.3, -0.25) is 4.79 Å². The number of rotatable bonds is 2. The number of carbonyl (C=O) groups is 1. The molecule has 0 saturated heterocycles. The first-order valence-electron chi connectivity index (χ1n) is 4.47. The molecule has 2 atom stereocenters. The van der Waals surface area contributed by atoms with E-state index in [2.05, 4.69) is 19.9 Å². The highest BCUT2D eigenvalue weighted by Crippen LogP contribution is 2.21. The number of Topliss-reactive ketones (excluding diaryl/α,β-unsaturated/α-hetero) is 1. The van der Waals surface area contributed by atoms with E-state index in [-0.39, 0.29) is 18.0 Å². The van der Waals surface area contributed by atoms with Gasteiger partial charge in [0.15, 0.2) is 5.78 Å². The smallest absolute Gasteiger partial charge is 0.158 e. The van der Waals surface area contributed by atoms with Crippen LogP contribution in [0.15, 0.2) is 11.6 Å². The Morgan fingerprint density at radius 3 is 2.92 bits per heavy atom. The van der Waals surface area contributed by atoms with Gasteiger partial charge >= 0.3 is 0 Å². The Hall–Kier alpha value is -0.630. The van der Waals surface area contributed by atoms with Crippen LogP contribution >= 0.6 is 0 Å². The molecule has 0 N–H and O–H groups in total. The van der Waals surface area contributed by atoms with Crippen LogP contribution in [0.5, 0.6) is 0 Å². The summed E-state index contributed by atoms with van der Waals surface area (Å²) in [6.07, 6.45) is 3.78. The normalized spacial score (nSPS) is 29.8. The van der Waals surface area contributed by atoms with Crippen molar-refractivity contribution in [1.29, 1.82) is 0 Å². The minimum atomic E-state index is -0.196. The molecule has 12 heavy (non-hydrogen) atoms. The second-order valence-electron chi connectivity index (χ2n) is 3.32. The number of ketones is 1. The molecule has 0 spiro atoms. The molecule has 0 saturated carbocycles. The summed E-state index contributed by atoms with van der Waals surface area (Å²) in [6.45, 7) is 5.72. The molecule has 1 rings (SSSR count). The SMILES string of the molecule is CC[C@H]1O[C@H](C(C)=O)CC=C1C. The molecule has 0 aromatic carbocycles. The van der Waals surface area contributed by atoms with E-state index >= 15 is 0 Å². The average Bonchev–Trinajstić information content (AvgIpc) is 2.05. The zero-order chi connectivity index (χ0) is 9.14. The van der Waals surface area contributed by atoms with Crippen molar-refractivity contribution in [3.63, 3.8) is 0 Å². The van der Waals surface area contributed by atoms with Crippen LogP contribution < -0.4 is 0 Å². The Bertz CT molecular complexity index is 206. The topological polar surface area (TPSA) is 26.3 Å². The second-order valence-corrected chi connectivity index (χ2v) is 3.32. The van der Waals surface area contributed by atoms with Crippen LogP contribution in [-0.4, -0.2) is 18.0 Å². The van der Waals surface area contributed by atoms with E-state index in [1.807, 2.05) is 0 Å². The molecule has 1 aliphatic rings. The molecule has 1 aliphatic heterocycles. The average molecular weight is 168 g/mol. The zero-order valence-corrected chi connectivity index (χ0v) is 7.96. The van der Waals surface area contributed by atoms with Crippen molar-refractivity contribution in [2.24, 2.45) is 0 Å². The third-order valence-corrected chi connectivity index (χ3v) is 2.31. The Morgan fingerprint density at radius 2 is 2.42 bits per heavy atom. The van der Waals surface area contributed by atoms with Gasteiger partial charge in [-0.15, -0.1) is 0 Å². The van der Waals surface area contributed by atoms with E-state index in [9.17, 15) is 4.79 Å². The number of ether oxygens (including phenoxy) is 1. The lowest BCUT2D eigenvalue weighted by molar-refractivity contribution is -0.131. The van der Waals surface area contributed by atoms with E-state index in [0.29, 0.717) is 0 Å². The number of hydrogen-bond donors (Lipinski definition) is 0. The highest BCUT2D eigenvalue weighted by molar-refractivity contribution is 5.80. The van der Waals surface area contributed by atoms with E-state index in [0.717, 1.165) is 12.8 Å². The van der Waals surface area contributed by atoms with Gasteiger partial charge in [-0.25, -0.2) is 0 Å². The summed E-state index contributed by atoms with van der Waals surface area (Å²) in [5.41, 5.74) is 1.26. The van der Waals surface area contributed by atoms with Crippen LogP contribution in [0.2, 0.25) is 0 Å². The minimum absolute atomic E-state index is 0.136. The Kier molecular flexibility index (Phi) is 3.04. The maximum absolute atomic E-state index is 11.0. The molecule has 68 valence electrons. The minimum Gasteiger partial charge on any atom is -0.363 e. The summed E-state index contributed by atoms with van der Waals surface area (Å²) in [4.78, 5) is 11.0. The molecular weight excluding hydrogens is 152 g/mol. The van der Waals surface area contributed by atoms with Gasteiger partial charge < -0.3 is 4.74 Å². The summed E-state index contributed by atoms with van der Waals surface area (Å²) >= 11 is 0. The van der Waals surface area contributed by atoms with E-state index in [4.69, 9.17) is 4.74 Å². The molecule has 0 aliphatic carbocycles. The molecule has 1 heterocycles. The van der Waals surface area contributed by atoms with E-state index in [1.165, 1.54) is 5.57 Å². The molecular formula is C10H16O2. The van der Waals surface area contributed by atoms with Crippen LogP contribution in [0.1, 0.15) is 33.6 Å². The molecule has 0 aromatic heterocycles. The first-order chi connectivity index (χ1) is 5.65. The van der Waals surface area contributed by atoms with Gasteiger partial charge in [0.05, 0.1) is 6.10 Å². The van der Waals surface area contributed by atoms with Gasteiger partial charge in [0.2, 0.25) is 0 Å². The highest BCUT2D eigenvalue weighted by Gasteiger charge is 2.23. The van der Waals surface area contributed by atoms with Crippen molar-refractivity contribution in [3.05, 3.63) is 11.6 Å². The van der Waals surface area contributed by atoms with Crippen LogP contribution in [0.3, 0.4) is 0 Å². The quantitative estimate of drug-likeness (QED) is 0.590. The molecule has 2 nitrogen and oxygen atoms in total. The summed E-state index contributed by atoms with van der Waals surface area (Å²) in [6, 6.07) is 0. The number of carbonyl (C=O) groups excluding carboxylic acids is 1. The maximum atomic E-state index is 11.0. The standard InChI is InChI=1S/C10H16O2/c1-4-9-7(2)5-6-10(12-9)8(3)11/h5,9-10H,4,6H2,1-3H3/t9-,10+/m1/s1. The van der Waals surface area contributed by atoms with Gasteiger partial charge in [-0.1, -0.05) is 13.0 Å². The molecule has 0 bridgehead atoms. The lowest BCUT2D eigenvalue weighted by Gasteiger charge is -2.27. The molecule has 0 unspecified atom stereocenters. The summed E-state index contributed by atoms with van der Waals surface area (Å²) in [7, 11) is 0. The fraction of sp³-hybridized carbons (Fsp3) is 0.700. The first kappa shape index (κ1) is 9.46. The predicted molar refractivity (Wildman–Crippen MR) is 48.0 cm³/mol. The van der Waals surface area contributed by atoms with Crippen molar-refractivity contribution in [3.8, 4) is 0 Å². The Labute approximate surface area is 73.6 Å². The van der Waals surface area contributed by atoms with Gasteiger partial charge in [0.25, 0.3) is 0 Å². The van der Waals surface area contributed by atoms with Crippen molar-refractivity contribution in [2.75, 3.05) is 0 Å². The monoisotopic (exact) mass is 168 g/mol. The third kappa shape index (κ3) is 1.95. The van der Waals surface area contributed by atoms with Gasteiger partial charge in [0, 0.05) is 0 Å². The number of hydrogen-bond acceptors (Lipinski definition) is 2. The van der Waals surface area contributed by atoms with Crippen LogP contribution in [-0.2, 0) is 9.53 Å². The summed E-state index contributed by atoms with van der Waals surface area (Å²) in [5, 5.41) is 0. The second kappa shape index (κ2) is 3.85. The summed E-state index contributed by atoms with van der Waals surface area (Å²) in [5.74, 6) is 0.136. The first-order valence-corrected chi connectivity index (χ1v) is 4.47. The molecule has 0 radical (unpaired) electrons. The third-order valence-electron chi connectivity index (χ3n) is 2.31. The lowest BCUT2D eigenvalue weighted by atomic mass is 10.0. The highest BCUT2D eigenvalue weighted by atomic mass is 16.5. The molecule has 0 amide bonds. The largest absolute Gasteiger partial charge is 0.363 e. The molecule has 0 fully saturated rings.